The number of likely N-dealkylation sites (N-methyl/N-ethyl adjacent to an activating group) is 1. The molecule has 0 unspecified atom stereocenters. The van der Waals surface area contributed by atoms with Crippen molar-refractivity contribution in [2.24, 2.45) is 0 Å². The molecule has 0 fully saturated rings. The van der Waals surface area contributed by atoms with Crippen molar-refractivity contribution in [3.63, 3.8) is 0 Å². The Morgan fingerprint density at radius 2 is 1.83 bits per heavy atom. The molecule has 0 amide bonds. The van der Waals surface area contributed by atoms with Crippen LogP contribution < -0.4 is 0 Å². The molecule has 1 aromatic heterocycles. The zero-order valence-corrected chi connectivity index (χ0v) is 10.3. The summed E-state index contributed by atoms with van der Waals surface area (Å²) in [6.45, 7) is 0.588. The van der Waals surface area contributed by atoms with E-state index < -0.39 is 11.9 Å². The highest BCUT2D eigenvalue weighted by Crippen LogP contribution is 2.35. The molecule has 2 rings (SSSR count). The molecule has 0 aliphatic heterocycles. The summed E-state index contributed by atoms with van der Waals surface area (Å²) in [5.74, 6) is 0. The average molecular weight is 256 g/mol. The van der Waals surface area contributed by atoms with Crippen LogP contribution in [-0.2, 0) is 12.6 Å². The van der Waals surface area contributed by atoms with Gasteiger partial charge in [0, 0.05) is 17.4 Å². The van der Waals surface area contributed by atoms with Crippen molar-refractivity contribution in [3.05, 3.63) is 35.5 Å². The number of benzene rings is 1. The van der Waals surface area contributed by atoms with Gasteiger partial charge in [-0.05, 0) is 32.1 Å². The average Bonchev–Trinajstić information content (AvgIpc) is 2.64. The van der Waals surface area contributed by atoms with Gasteiger partial charge in [0.15, 0.2) is 0 Å². The molecule has 1 aromatic carbocycles. The van der Waals surface area contributed by atoms with E-state index in [0.717, 1.165) is 0 Å². The molecule has 1 heterocycles. The summed E-state index contributed by atoms with van der Waals surface area (Å²) in [4.78, 5) is 4.36. The molecule has 0 saturated carbocycles. The smallest absolute Gasteiger partial charge is 0.351 e. The lowest BCUT2D eigenvalue weighted by Gasteiger charge is -2.11. The summed E-state index contributed by atoms with van der Waals surface area (Å²) < 4.78 is 38.9. The van der Waals surface area contributed by atoms with Gasteiger partial charge in [-0.2, -0.15) is 13.2 Å². The molecular formula is C13H15F3N2. The van der Waals surface area contributed by atoms with Crippen molar-refractivity contribution in [3.8, 4) is 0 Å². The van der Waals surface area contributed by atoms with E-state index in [1.54, 1.807) is 24.3 Å². The van der Waals surface area contributed by atoms with Crippen LogP contribution in [0, 0.1) is 0 Å². The lowest BCUT2D eigenvalue weighted by Crippen LogP contribution is -2.17. The zero-order valence-electron chi connectivity index (χ0n) is 10.3. The Bertz CT molecular complexity index is 541. The van der Waals surface area contributed by atoms with E-state index in [0.29, 0.717) is 29.4 Å². The minimum atomic E-state index is -4.33. The quantitative estimate of drug-likeness (QED) is 0.892. The lowest BCUT2D eigenvalue weighted by atomic mass is 10.1. The summed E-state index contributed by atoms with van der Waals surface area (Å²) in [6, 6.07) is 6.89. The molecule has 18 heavy (non-hydrogen) atoms. The van der Waals surface area contributed by atoms with E-state index in [-0.39, 0.29) is 0 Å². The number of alkyl halides is 3. The van der Waals surface area contributed by atoms with E-state index in [4.69, 9.17) is 0 Å². The van der Waals surface area contributed by atoms with Gasteiger partial charge >= 0.3 is 6.18 Å². The number of halogens is 3. The van der Waals surface area contributed by atoms with Crippen molar-refractivity contribution in [2.75, 3.05) is 20.6 Å². The van der Waals surface area contributed by atoms with Crippen LogP contribution >= 0.6 is 0 Å². The normalized spacial score (nSPS) is 12.6. The van der Waals surface area contributed by atoms with Crippen LogP contribution in [0.2, 0.25) is 0 Å². The number of H-pyrrole nitrogens is 1. The molecule has 1 N–H and O–H groups in total. The third kappa shape index (κ3) is 2.51. The number of rotatable bonds is 3. The zero-order chi connectivity index (χ0) is 13.3. The summed E-state index contributed by atoms with van der Waals surface area (Å²) in [5.41, 5.74) is 0.274. The fourth-order valence-corrected chi connectivity index (χ4v) is 2.04. The first-order valence-corrected chi connectivity index (χ1v) is 5.71. The number of para-hydroxylation sites is 1. The second-order valence-electron chi connectivity index (χ2n) is 4.58. The first kappa shape index (κ1) is 13.0. The molecule has 2 aromatic rings. The summed E-state index contributed by atoms with van der Waals surface area (Å²) in [5, 5.41) is 0.659. The molecule has 0 spiro atoms. The molecule has 98 valence electrons. The molecule has 0 bridgehead atoms. The molecular weight excluding hydrogens is 241 g/mol. The second-order valence-corrected chi connectivity index (χ2v) is 4.58. The van der Waals surface area contributed by atoms with Gasteiger partial charge in [-0.25, -0.2) is 0 Å². The SMILES string of the molecule is CN(C)CCc1c(C(F)(F)F)[nH]c2ccccc12. The number of hydrogen-bond acceptors (Lipinski definition) is 1. The molecule has 0 atom stereocenters. The Labute approximate surface area is 103 Å². The van der Waals surface area contributed by atoms with E-state index in [9.17, 15) is 13.2 Å². The van der Waals surface area contributed by atoms with Crippen LogP contribution in [0.25, 0.3) is 10.9 Å². The maximum atomic E-state index is 13.0. The van der Waals surface area contributed by atoms with Crippen molar-refractivity contribution in [2.45, 2.75) is 12.6 Å². The van der Waals surface area contributed by atoms with Gasteiger partial charge in [0.1, 0.15) is 5.69 Å². The fourth-order valence-electron chi connectivity index (χ4n) is 2.04. The van der Waals surface area contributed by atoms with E-state index in [2.05, 4.69) is 4.98 Å². The highest BCUT2D eigenvalue weighted by Gasteiger charge is 2.36. The summed E-state index contributed by atoms with van der Waals surface area (Å²) in [7, 11) is 3.70. The summed E-state index contributed by atoms with van der Waals surface area (Å²) >= 11 is 0. The minimum absolute atomic E-state index is 0.354. The van der Waals surface area contributed by atoms with E-state index in [1.165, 1.54) is 0 Å². The first-order chi connectivity index (χ1) is 8.39. The Morgan fingerprint density at radius 3 is 2.44 bits per heavy atom. The first-order valence-electron chi connectivity index (χ1n) is 5.71. The number of nitrogens with zero attached hydrogens (tertiary/aromatic N) is 1. The Balaban J connectivity index is 2.51. The van der Waals surface area contributed by atoms with E-state index in [1.807, 2.05) is 19.0 Å². The van der Waals surface area contributed by atoms with Gasteiger partial charge in [0.2, 0.25) is 0 Å². The number of fused-ring (bicyclic) bond motifs is 1. The Morgan fingerprint density at radius 1 is 1.17 bits per heavy atom. The maximum absolute atomic E-state index is 13.0. The van der Waals surface area contributed by atoms with Crippen molar-refractivity contribution >= 4 is 10.9 Å². The third-order valence-corrected chi connectivity index (χ3v) is 2.91. The number of nitrogens with one attached hydrogen (secondary N) is 1. The Kier molecular flexibility index (Phi) is 3.34. The Hall–Kier alpha value is -1.49. The predicted molar refractivity (Wildman–Crippen MR) is 65.6 cm³/mol. The third-order valence-electron chi connectivity index (χ3n) is 2.91. The molecule has 0 saturated heterocycles. The molecule has 0 aliphatic carbocycles. The van der Waals surface area contributed by atoms with Crippen LogP contribution in [0.4, 0.5) is 13.2 Å². The van der Waals surface area contributed by atoms with Crippen molar-refractivity contribution < 1.29 is 13.2 Å². The van der Waals surface area contributed by atoms with Crippen molar-refractivity contribution in [1.82, 2.24) is 9.88 Å². The highest BCUT2D eigenvalue weighted by atomic mass is 19.4. The van der Waals surface area contributed by atoms with Gasteiger partial charge in [0.05, 0.1) is 0 Å². The number of aromatic nitrogens is 1. The van der Waals surface area contributed by atoms with Crippen LogP contribution in [0.5, 0.6) is 0 Å². The van der Waals surface area contributed by atoms with Crippen LogP contribution in [-0.4, -0.2) is 30.5 Å². The maximum Gasteiger partial charge on any atom is 0.431 e. The lowest BCUT2D eigenvalue weighted by molar-refractivity contribution is -0.141. The van der Waals surface area contributed by atoms with Gasteiger partial charge in [-0.1, -0.05) is 18.2 Å². The monoisotopic (exact) mass is 256 g/mol. The standard InChI is InChI=1S/C13H15F3N2/c1-18(2)8-7-10-9-5-3-4-6-11(9)17-12(10)13(14,15)16/h3-6,17H,7-8H2,1-2H3. The van der Waals surface area contributed by atoms with Gasteiger partial charge in [-0.15, -0.1) is 0 Å². The van der Waals surface area contributed by atoms with Crippen LogP contribution in [0.1, 0.15) is 11.3 Å². The van der Waals surface area contributed by atoms with Gasteiger partial charge < -0.3 is 9.88 Å². The largest absolute Gasteiger partial charge is 0.431 e. The highest BCUT2D eigenvalue weighted by molar-refractivity contribution is 5.84. The fraction of sp³-hybridized carbons (Fsp3) is 0.385. The molecule has 2 nitrogen and oxygen atoms in total. The number of aromatic amines is 1. The van der Waals surface area contributed by atoms with Crippen LogP contribution in [0.3, 0.4) is 0 Å². The summed E-state index contributed by atoms with van der Waals surface area (Å²) in [6.07, 6.45) is -3.95. The second kappa shape index (κ2) is 4.65. The van der Waals surface area contributed by atoms with Gasteiger partial charge in [0.25, 0.3) is 0 Å². The van der Waals surface area contributed by atoms with Crippen molar-refractivity contribution in [1.29, 1.82) is 0 Å². The predicted octanol–water partition coefficient (Wildman–Crippen LogP) is 3.29. The molecule has 0 radical (unpaired) electrons. The number of hydrogen-bond donors (Lipinski definition) is 1. The molecule has 0 aliphatic rings. The minimum Gasteiger partial charge on any atom is -0.351 e. The molecule has 5 heteroatoms. The van der Waals surface area contributed by atoms with E-state index >= 15 is 0 Å². The van der Waals surface area contributed by atoms with Crippen LogP contribution in [0.15, 0.2) is 24.3 Å². The topological polar surface area (TPSA) is 19.0 Å². The van der Waals surface area contributed by atoms with Gasteiger partial charge in [-0.3, -0.25) is 0 Å².